The fraction of sp³-hybridized carbons (Fsp3) is 0.727. The Morgan fingerprint density at radius 2 is 2.18 bits per heavy atom. The first-order valence-electron chi connectivity index (χ1n) is 5.97. The number of anilines is 1. The summed E-state index contributed by atoms with van der Waals surface area (Å²) in [6.45, 7) is 4.59. The second kappa shape index (κ2) is 5.10. The maximum atomic E-state index is 11.6. The van der Waals surface area contributed by atoms with Crippen molar-refractivity contribution in [2.45, 2.75) is 45.1 Å². The smallest absolute Gasteiger partial charge is 0.231 e. The molecule has 0 aliphatic carbocycles. The summed E-state index contributed by atoms with van der Waals surface area (Å²) in [6.07, 6.45) is 1.69. The molecule has 1 aliphatic heterocycles. The summed E-state index contributed by atoms with van der Waals surface area (Å²) >= 11 is 1.46. The van der Waals surface area contributed by atoms with Crippen molar-refractivity contribution in [3.8, 4) is 0 Å². The lowest BCUT2D eigenvalue weighted by atomic mass is 10.1. The summed E-state index contributed by atoms with van der Waals surface area (Å²) in [5.74, 6) is 0.355. The van der Waals surface area contributed by atoms with Crippen LogP contribution in [0.2, 0.25) is 0 Å². The van der Waals surface area contributed by atoms with Gasteiger partial charge in [-0.1, -0.05) is 25.2 Å². The highest BCUT2D eigenvalue weighted by atomic mass is 32.1. The molecule has 1 saturated heterocycles. The van der Waals surface area contributed by atoms with E-state index in [4.69, 9.17) is 0 Å². The van der Waals surface area contributed by atoms with E-state index in [0.717, 1.165) is 17.8 Å². The SMILES string of the molecule is CCC(CC)c1nnc(N2CC(O)CC2=O)s1. The Kier molecular flexibility index (Phi) is 3.73. The number of carbonyl (C=O) groups is 1. The standard InChI is InChI=1S/C11H17N3O2S/c1-3-7(4-2)10-12-13-11(17-10)14-6-8(15)5-9(14)16/h7-8,15H,3-6H2,1-2H3. The fourth-order valence-electron chi connectivity index (χ4n) is 2.01. The van der Waals surface area contributed by atoms with Crippen molar-refractivity contribution < 1.29 is 9.90 Å². The zero-order chi connectivity index (χ0) is 12.4. The number of aliphatic hydroxyl groups is 1. The highest BCUT2D eigenvalue weighted by Gasteiger charge is 2.31. The molecule has 17 heavy (non-hydrogen) atoms. The third kappa shape index (κ3) is 2.47. The van der Waals surface area contributed by atoms with Crippen molar-refractivity contribution in [3.63, 3.8) is 0 Å². The van der Waals surface area contributed by atoms with E-state index in [9.17, 15) is 9.90 Å². The number of nitrogens with zero attached hydrogens (tertiary/aromatic N) is 3. The molecular weight excluding hydrogens is 238 g/mol. The predicted octanol–water partition coefficient (Wildman–Crippen LogP) is 1.54. The summed E-state index contributed by atoms with van der Waals surface area (Å²) in [5.41, 5.74) is 0. The number of hydrogen-bond donors (Lipinski definition) is 1. The van der Waals surface area contributed by atoms with Crippen LogP contribution in [0.3, 0.4) is 0 Å². The molecule has 5 nitrogen and oxygen atoms in total. The maximum Gasteiger partial charge on any atom is 0.231 e. The minimum Gasteiger partial charge on any atom is -0.391 e. The molecule has 6 heteroatoms. The van der Waals surface area contributed by atoms with Gasteiger partial charge in [0.1, 0.15) is 5.01 Å². The van der Waals surface area contributed by atoms with Crippen molar-refractivity contribution in [2.24, 2.45) is 0 Å². The lowest BCUT2D eigenvalue weighted by Crippen LogP contribution is -2.24. The molecule has 1 fully saturated rings. The second-order valence-corrected chi connectivity index (χ2v) is 5.29. The maximum absolute atomic E-state index is 11.6. The normalized spacial score (nSPS) is 20.6. The number of aromatic nitrogens is 2. The molecule has 0 radical (unpaired) electrons. The predicted molar refractivity (Wildman–Crippen MR) is 66.2 cm³/mol. The molecule has 0 aromatic carbocycles. The van der Waals surface area contributed by atoms with Gasteiger partial charge in [0, 0.05) is 5.92 Å². The van der Waals surface area contributed by atoms with Crippen molar-refractivity contribution in [2.75, 3.05) is 11.4 Å². The molecule has 0 bridgehead atoms. The Labute approximate surface area is 104 Å². The molecular formula is C11H17N3O2S. The summed E-state index contributed by atoms with van der Waals surface area (Å²) in [6, 6.07) is 0. The van der Waals surface area contributed by atoms with Gasteiger partial charge in [-0.25, -0.2) is 0 Å². The molecule has 1 atom stereocenters. The fourth-order valence-corrected chi connectivity index (χ4v) is 3.15. The number of aliphatic hydroxyl groups excluding tert-OH is 1. The van der Waals surface area contributed by atoms with E-state index in [1.807, 2.05) is 0 Å². The highest BCUT2D eigenvalue weighted by molar-refractivity contribution is 7.15. The van der Waals surface area contributed by atoms with Crippen molar-refractivity contribution >= 4 is 22.4 Å². The largest absolute Gasteiger partial charge is 0.391 e. The first kappa shape index (κ1) is 12.4. The van der Waals surface area contributed by atoms with Gasteiger partial charge in [-0.15, -0.1) is 10.2 Å². The Bertz CT molecular complexity index is 403. The van der Waals surface area contributed by atoms with Crippen LogP contribution in [0, 0.1) is 0 Å². The number of amides is 1. The molecule has 1 aromatic heterocycles. The van der Waals surface area contributed by atoms with Crippen molar-refractivity contribution in [3.05, 3.63) is 5.01 Å². The van der Waals surface area contributed by atoms with Crippen molar-refractivity contribution in [1.29, 1.82) is 0 Å². The summed E-state index contributed by atoms with van der Waals surface area (Å²) in [5, 5.41) is 19.3. The van der Waals surface area contributed by atoms with Crippen molar-refractivity contribution in [1.82, 2.24) is 10.2 Å². The molecule has 0 spiro atoms. The number of rotatable bonds is 4. The lowest BCUT2D eigenvalue weighted by molar-refractivity contribution is -0.117. The van der Waals surface area contributed by atoms with E-state index in [1.165, 1.54) is 16.2 Å². The minimum atomic E-state index is -0.567. The molecule has 2 heterocycles. The highest BCUT2D eigenvalue weighted by Crippen LogP contribution is 2.31. The molecule has 1 unspecified atom stereocenters. The van der Waals surface area contributed by atoms with E-state index in [0.29, 0.717) is 17.6 Å². The lowest BCUT2D eigenvalue weighted by Gasteiger charge is -2.10. The summed E-state index contributed by atoms with van der Waals surface area (Å²) < 4.78 is 0. The minimum absolute atomic E-state index is 0.0650. The monoisotopic (exact) mass is 255 g/mol. The van der Waals surface area contributed by atoms with E-state index in [-0.39, 0.29) is 12.3 Å². The second-order valence-electron chi connectivity index (χ2n) is 4.30. The first-order chi connectivity index (χ1) is 8.15. The van der Waals surface area contributed by atoms with Gasteiger partial charge in [-0.3, -0.25) is 9.69 Å². The van der Waals surface area contributed by atoms with E-state index >= 15 is 0 Å². The van der Waals surface area contributed by atoms with Gasteiger partial charge in [0.2, 0.25) is 11.0 Å². The molecule has 1 amide bonds. The van der Waals surface area contributed by atoms with Gasteiger partial charge in [0.15, 0.2) is 0 Å². The average molecular weight is 255 g/mol. The van der Waals surface area contributed by atoms with E-state index in [1.54, 1.807) is 0 Å². The number of hydrogen-bond acceptors (Lipinski definition) is 5. The van der Waals surface area contributed by atoms with Crippen LogP contribution in [0.1, 0.15) is 44.0 Å². The van der Waals surface area contributed by atoms with Gasteiger partial charge in [0.05, 0.1) is 19.1 Å². The van der Waals surface area contributed by atoms with Gasteiger partial charge in [-0.05, 0) is 12.8 Å². The van der Waals surface area contributed by atoms with E-state index in [2.05, 4.69) is 24.0 Å². The molecule has 1 aliphatic rings. The topological polar surface area (TPSA) is 66.3 Å². The molecule has 1 N–H and O–H groups in total. The molecule has 0 saturated carbocycles. The Balaban J connectivity index is 2.15. The average Bonchev–Trinajstić information content (AvgIpc) is 2.87. The van der Waals surface area contributed by atoms with Gasteiger partial charge in [0.25, 0.3) is 0 Å². The van der Waals surface area contributed by atoms with Crippen LogP contribution in [0.15, 0.2) is 0 Å². The van der Waals surface area contributed by atoms with E-state index < -0.39 is 6.10 Å². The Morgan fingerprint density at radius 1 is 1.47 bits per heavy atom. The summed E-state index contributed by atoms with van der Waals surface area (Å²) in [7, 11) is 0. The van der Waals surface area contributed by atoms with Gasteiger partial charge < -0.3 is 5.11 Å². The number of carbonyl (C=O) groups excluding carboxylic acids is 1. The van der Waals surface area contributed by atoms with Gasteiger partial charge >= 0.3 is 0 Å². The summed E-state index contributed by atoms with van der Waals surface area (Å²) in [4.78, 5) is 13.1. The Morgan fingerprint density at radius 3 is 2.71 bits per heavy atom. The molecule has 94 valence electrons. The van der Waals surface area contributed by atoms with Gasteiger partial charge in [-0.2, -0.15) is 0 Å². The van der Waals surface area contributed by atoms with Crippen LogP contribution in [-0.2, 0) is 4.79 Å². The zero-order valence-corrected chi connectivity index (χ0v) is 10.9. The molecule has 1 aromatic rings. The number of β-amino-alcohol motifs (C(OH)–C–C–N with tert-alkyl or cyclic N) is 1. The Hall–Kier alpha value is -1.01. The molecule has 2 rings (SSSR count). The first-order valence-corrected chi connectivity index (χ1v) is 6.79. The van der Waals surface area contributed by atoms with Crippen LogP contribution < -0.4 is 4.90 Å². The van der Waals surface area contributed by atoms with Crippen LogP contribution in [0.25, 0.3) is 0 Å². The van der Waals surface area contributed by atoms with Crippen LogP contribution in [0.4, 0.5) is 5.13 Å². The van der Waals surface area contributed by atoms with Crippen LogP contribution in [-0.4, -0.2) is 33.9 Å². The van der Waals surface area contributed by atoms with Crippen LogP contribution >= 0.6 is 11.3 Å². The third-order valence-corrected chi connectivity index (χ3v) is 4.21. The third-order valence-electron chi connectivity index (χ3n) is 3.10. The van der Waals surface area contributed by atoms with Crippen LogP contribution in [0.5, 0.6) is 0 Å². The zero-order valence-electron chi connectivity index (χ0n) is 10.1. The quantitative estimate of drug-likeness (QED) is 0.886.